The average Bonchev–Trinajstić information content (AvgIpc) is 3.27. The predicted molar refractivity (Wildman–Crippen MR) is 265 cm³/mol. The van der Waals surface area contributed by atoms with Gasteiger partial charge in [-0.05, 0) is 89.9 Å². The van der Waals surface area contributed by atoms with E-state index >= 15 is 0 Å². The molecule has 1 atom stereocenters. The maximum atomic E-state index is 12.7. The van der Waals surface area contributed by atoms with Gasteiger partial charge in [-0.25, -0.2) is 0 Å². The fourth-order valence-electron chi connectivity index (χ4n) is 7.48. The summed E-state index contributed by atoms with van der Waals surface area (Å²) in [5.41, 5.74) is 0. The molecule has 0 heterocycles. The first-order valence-electron chi connectivity index (χ1n) is 26.6. The lowest BCUT2D eigenvalue weighted by atomic mass is 10.1. The quantitative estimate of drug-likeness (QED) is 0.0262. The molecule has 0 amide bonds. The Morgan fingerprint density at radius 3 is 0.984 bits per heavy atom. The molecule has 0 rings (SSSR count). The van der Waals surface area contributed by atoms with E-state index in [0.29, 0.717) is 19.3 Å². The highest BCUT2D eigenvalue weighted by Gasteiger charge is 2.19. The molecule has 6 heteroatoms. The molecule has 0 aliphatic rings. The second-order valence-electron chi connectivity index (χ2n) is 17.8. The van der Waals surface area contributed by atoms with Crippen LogP contribution in [0.2, 0.25) is 0 Å². The number of esters is 3. The van der Waals surface area contributed by atoms with Crippen molar-refractivity contribution < 1.29 is 28.6 Å². The molecule has 0 radical (unpaired) electrons. The molecule has 0 saturated carbocycles. The van der Waals surface area contributed by atoms with Crippen LogP contribution in [0.1, 0.15) is 271 Å². The Labute approximate surface area is 384 Å². The summed E-state index contributed by atoms with van der Waals surface area (Å²) >= 11 is 0. The lowest BCUT2D eigenvalue weighted by Crippen LogP contribution is -2.30. The number of hydrogen-bond donors (Lipinski definition) is 0. The largest absolute Gasteiger partial charge is 0.462 e. The van der Waals surface area contributed by atoms with Gasteiger partial charge in [0, 0.05) is 19.3 Å². The van der Waals surface area contributed by atoms with E-state index in [9.17, 15) is 14.4 Å². The maximum absolute atomic E-state index is 12.7. The minimum atomic E-state index is -0.811. The van der Waals surface area contributed by atoms with Crippen molar-refractivity contribution in [1.29, 1.82) is 0 Å². The smallest absolute Gasteiger partial charge is 0.306 e. The van der Waals surface area contributed by atoms with E-state index < -0.39 is 6.10 Å². The average molecular weight is 869 g/mol. The topological polar surface area (TPSA) is 78.9 Å². The zero-order valence-electron chi connectivity index (χ0n) is 41.1. The molecule has 0 saturated heterocycles. The van der Waals surface area contributed by atoms with E-state index in [1.807, 2.05) is 6.08 Å². The second kappa shape index (κ2) is 51.0. The van der Waals surface area contributed by atoms with Crippen LogP contribution in [0.3, 0.4) is 0 Å². The third-order valence-electron chi connectivity index (χ3n) is 11.5. The number of rotatable bonds is 48. The van der Waals surface area contributed by atoms with Crippen LogP contribution < -0.4 is 0 Å². The van der Waals surface area contributed by atoms with Gasteiger partial charge in [0.1, 0.15) is 13.2 Å². The molecule has 0 aromatic carbocycles. The number of unbranched alkanes of at least 4 members (excludes halogenated alkanes) is 29. The van der Waals surface area contributed by atoms with Crippen molar-refractivity contribution in [2.45, 2.75) is 277 Å². The second-order valence-corrected chi connectivity index (χ2v) is 17.8. The Balaban J connectivity index is 4.42. The van der Waals surface area contributed by atoms with Gasteiger partial charge in [0.2, 0.25) is 0 Å². The fourth-order valence-corrected chi connectivity index (χ4v) is 7.48. The zero-order valence-corrected chi connectivity index (χ0v) is 41.1. The third kappa shape index (κ3) is 48.4. The molecule has 6 nitrogen and oxygen atoms in total. The number of allylic oxidation sites excluding steroid dienone is 8. The molecule has 0 aliphatic carbocycles. The van der Waals surface area contributed by atoms with Crippen molar-refractivity contribution >= 4 is 17.9 Å². The van der Waals surface area contributed by atoms with Gasteiger partial charge in [-0.2, -0.15) is 0 Å². The standard InChI is InChI=1S/C56H100O6/c1-4-7-10-13-16-19-22-25-26-27-28-29-32-34-37-40-43-46-49-55(58)61-52-53(62-56(59)50-47-44-41-38-35-31-24-21-18-15-12-9-6-3)51-60-54(57)48-45-42-39-36-33-30-23-20-17-14-11-8-5-2/h28-31,33,35,41,44,53H,4-27,32,34,36-40,42-43,45-52H2,1-3H3/b29-28+,33-30+,35-31+,44-41+. The summed E-state index contributed by atoms with van der Waals surface area (Å²) in [6, 6.07) is 0. The van der Waals surface area contributed by atoms with Gasteiger partial charge in [0.05, 0.1) is 0 Å². The Morgan fingerprint density at radius 1 is 0.323 bits per heavy atom. The first-order valence-corrected chi connectivity index (χ1v) is 26.6. The predicted octanol–water partition coefficient (Wildman–Crippen LogP) is 17.5. The summed E-state index contributed by atoms with van der Waals surface area (Å²) in [6.45, 7) is 6.57. The van der Waals surface area contributed by atoms with Crippen molar-refractivity contribution in [2.75, 3.05) is 13.2 Å². The molecule has 0 fully saturated rings. The van der Waals surface area contributed by atoms with E-state index in [4.69, 9.17) is 14.2 Å². The minimum Gasteiger partial charge on any atom is -0.462 e. The molecule has 0 spiro atoms. The third-order valence-corrected chi connectivity index (χ3v) is 11.5. The normalized spacial score (nSPS) is 12.4. The van der Waals surface area contributed by atoms with Gasteiger partial charge in [0.25, 0.3) is 0 Å². The van der Waals surface area contributed by atoms with E-state index in [2.05, 4.69) is 63.3 Å². The van der Waals surface area contributed by atoms with Crippen LogP contribution in [-0.2, 0) is 28.6 Å². The van der Waals surface area contributed by atoms with Crippen molar-refractivity contribution in [3.63, 3.8) is 0 Å². The minimum absolute atomic E-state index is 0.104. The van der Waals surface area contributed by atoms with Crippen LogP contribution >= 0.6 is 0 Å². The fraction of sp³-hybridized carbons (Fsp3) is 0.804. The van der Waals surface area contributed by atoms with E-state index in [1.54, 1.807) is 0 Å². The van der Waals surface area contributed by atoms with Gasteiger partial charge >= 0.3 is 17.9 Å². The number of carbonyl (C=O) groups excluding carboxylic acids is 3. The van der Waals surface area contributed by atoms with Crippen LogP contribution in [0.4, 0.5) is 0 Å². The number of carbonyl (C=O) groups is 3. The number of ether oxygens (including phenoxy) is 3. The van der Waals surface area contributed by atoms with Crippen molar-refractivity contribution in [2.24, 2.45) is 0 Å². The Hall–Kier alpha value is -2.63. The lowest BCUT2D eigenvalue weighted by molar-refractivity contribution is -0.166. The first-order chi connectivity index (χ1) is 30.5. The van der Waals surface area contributed by atoms with Gasteiger partial charge in [0.15, 0.2) is 6.10 Å². The summed E-state index contributed by atoms with van der Waals surface area (Å²) in [6.07, 6.45) is 61.1. The summed E-state index contributed by atoms with van der Waals surface area (Å²) in [4.78, 5) is 37.9. The molecular weight excluding hydrogens is 769 g/mol. The molecule has 1 unspecified atom stereocenters. The molecule has 62 heavy (non-hydrogen) atoms. The maximum Gasteiger partial charge on any atom is 0.306 e. The van der Waals surface area contributed by atoms with Crippen molar-refractivity contribution in [1.82, 2.24) is 0 Å². The van der Waals surface area contributed by atoms with E-state index in [0.717, 1.165) is 70.6 Å². The van der Waals surface area contributed by atoms with Crippen LogP contribution in [0.25, 0.3) is 0 Å². The summed E-state index contributed by atoms with van der Waals surface area (Å²) in [5.74, 6) is -0.990. The summed E-state index contributed by atoms with van der Waals surface area (Å²) < 4.78 is 16.7. The van der Waals surface area contributed by atoms with Crippen LogP contribution in [0, 0.1) is 0 Å². The number of hydrogen-bond acceptors (Lipinski definition) is 6. The van der Waals surface area contributed by atoms with E-state index in [1.165, 1.54) is 154 Å². The Morgan fingerprint density at radius 2 is 0.613 bits per heavy atom. The summed E-state index contributed by atoms with van der Waals surface area (Å²) in [7, 11) is 0. The molecule has 360 valence electrons. The van der Waals surface area contributed by atoms with Crippen molar-refractivity contribution in [3.8, 4) is 0 Å². The highest BCUT2D eigenvalue weighted by molar-refractivity contribution is 5.71. The van der Waals surface area contributed by atoms with Crippen LogP contribution in [-0.4, -0.2) is 37.2 Å². The highest BCUT2D eigenvalue weighted by atomic mass is 16.6. The van der Waals surface area contributed by atoms with Gasteiger partial charge < -0.3 is 14.2 Å². The van der Waals surface area contributed by atoms with Crippen LogP contribution in [0.15, 0.2) is 48.6 Å². The molecule has 0 N–H and O–H groups in total. The molecule has 0 aliphatic heterocycles. The van der Waals surface area contributed by atoms with Gasteiger partial charge in [-0.3, -0.25) is 14.4 Å². The summed E-state index contributed by atoms with van der Waals surface area (Å²) in [5, 5.41) is 0. The highest BCUT2D eigenvalue weighted by Crippen LogP contribution is 2.14. The monoisotopic (exact) mass is 869 g/mol. The van der Waals surface area contributed by atoms with Crippen molar-refractivity contribution in [3.05, 3.63) is 48.6 Å². The van der Waals surface area contributed by atoms with Gasteiger partial charge in [-0.15, -0.1) is 0 Å². The molecular formula is C56H100O6. The van der Waals surface area contributed by atoms with E-state index in [-0.39, 0.29) is 37.5 Å². The molecule has 0 bridgehead atoms. The SMILES string of the molecule is CCCCCCCC/C=C/C/C=C/CCC(=O)OC(COC(=O)CCCCC/C=C/CCCCCCCC)COC(=O)CCCCCCC/C=C/CCCCCCCCCCC. The van der Waals surface area contributed by atoms with Crippen LogP contribution in [0.5, 0.6) is 0 Å². The molecule has 0 aromatic heterocycles. The Kier molecular flexibility index (Phi) is 48.8. The Bertz CT molecular complexity index is 1090. The zero-order chi connectivity index (χ0) is 45.1. The molecule has 0 aromatic rings. The van der Waals surface area contributed by atoms with Gasteiger partial charge in [-0.1, -0.05) is 211 Å². The first kappa shape index (κ1) is 59.4. The lowest BCUT2D eigenvalue weighted by Gasteiger charge is -2.18.